The van der Waals surface area contributed by atoms with E-state index in [0.717, 1.165) is 0 Å². The lowest BCUT2D eigenvalue weighted by Gasteiger charge is -2.20. The van der Waals surface area contributed by atoms with Gasteiger partial charge in [0.15, 0.2) is 29.6 Å². The Morgan fingerprint density at radius 3 is 2.44 bits per heavy atom. The second-order valence-electron chi connectivity index (χ2n) is 5.19. The van der Waals surface area contributed by atoms with Crippen molar-refractivity contribution in [2.45, 2.75) is 6.92 Å². The summed E-state index contributed by atoms with van der Waals surface area (Å²) in [5.41, 5.74) is 0.593. The molecule has 7 heteroatoms. The quantitative estimate of drug-likeness (QED) is 0.791. The number of hydrogen-bond donors (Lipinski definition) is 1. The molecule has 6 nitrogen and oxygen atoms in total. The molecule has 0 aromatic heterocycles. The smallest absolute Gasteiger partial charge is 0.262 e. The molecular weight excluding hydrogens is 390 g/mol. The Balaban J connectivity index is 1.63. The molecule has 2 aromatic rings. The van der Waals surface area contributed by atoms with Crippen LogP contribution in [0.15, 0.2) is 40.9 Å². The number of hydrogen-bond acceptors (Lipinski definition) is 5. The lowest BCUT2D eigenvalue weighted by Crippen LogP contribution is -2.21. The first-order chi connectivity index (χ1) is 12.2. The molecule has 0 radical (unpaired) electrons. The molecule has 0 aliphatic carbocycles. The molecular formula is C18H18BrNO5. The van der Waals surface area contributed by atoms with Crippen molar-refractivity contribution in [2.75, 3.05) is 31.7 Å². The van der Waals surface area contributed by atoms with Crippen molar-refractivity contribution in [3.8, 4) is 23.0 Å². The maximum atomic E-state index is 12.2. The lowest BCUT2D eigenvalue weighted by molar-refractivity contribution is -0.118. The van der Waals surface area contributed by atoms with Crippen LogP contribution in [0.25, 0.3) is 0 Å². The summed E-state index contributed by atoms with van der Waals surface area (Å²) in [5.74, 6) is 2.10. The third-order valence-corrected chi connectivity index (χ3v) is 4.07. The number of nitrogens with one attached hydrogen (secondary N) is 1. The third-order valence-electron chi connectivity index (χ3n) is 3.41. The zero-order chi connectivity index (χ0) is 17.6. The predicted octanol–water partition coefficient (Wildman–Crippen LogP) is 3.64. The van der Waals surface area contributed by atoms with E-state index in [4.69, 9.17) is 18.9 Å². The molecule has 1 amide bonds. The Labute approximate surface area is 154 Å². The van der Waals surface area contributed by atoms with E-state index in [-0.39, 0.29) is 12.5 Å². The fourth-order valence-electron chi connectivity index (χ4n) is 2.33. The van der Waals surface area contributed by atoms with Crippen LogP contribution in [0, 0.1) is 0 Å². The average Bonchev–Trinajstić information content (AvgIpc) is 2.62. The number of rotatable bonds is 6. The molecule has 1 heterocycles. The summed E-state index contributed by atoms with van der Waals surface area (Å²) < 4.78 is 22.8. The molecule has 0 saturated heterocycles. The molecule has 0 fully saturated rings. The molecule has 3 rings (SSSR count). The summed E-state index contributed by atoms with van der Waals surface area (Å²) in [6.45, 7) is 3.28. The number of ether oxygens (including phenoxy) is 4. The van der Waals surface area contributed by atoms with Crippen LogP contribution in [0.3, 0.4) is 0 Å². The molecule has 1 aliphatic heterocycles. The van der Waals surface area contributed by atoms with Gasteiger partial charge in [-0.05, 0) is 35.0 Å². The van der Waals surface area contributed by atoms with Gasteiger partial charge in [0.05, 0.1) is 12.3 Å². The molecule has 132 valence electrons. The minimum absolute atomic E-state index is 0.134. The second kappa shape index (κ2) is 8.11. The van der Waals surface area contributed by atoms with Crippen molar-refractivity contribution in [2.24, 2.45) is 0 Å². The van der Waals surface area contributed by atoms with Crippen molar-refractivity contribution in [3.63, 3.8) is 0 Å². The van der Waals surface area contributed by atoms with E-state index >= 15 is 0 Å². The van der Waals surface area contributed by atoms with Gasteiger partial charge in [-0.2, -0.15) is 0 Å². The van der Waals surface area contributed by atoms with Crippen LogP contribution in [0.5, 0.6) is 23.0 Å². The highest BCUT2D eigenvalue weighted by atomic mass is 79.9. The molecule has 1 aliphatic rings. The molecule has 1 N–H and O–H groups in total. The van der Waals surface area contributed by atoms with Gasteiger partial charge < -0.3 is 24.3 Å². The number of amides is 1. The number of halogens is 1. The molecule has 0 atom stereocenters. The van der Waals surface area contributed by atoms with Crippen LogP contribution in [0.2, 0.25) is 0 Å². The minimum Gasteiger partial charge on any atom is -0.490 e. The molecule has 25 heavy (non-hydrogen) atoms. The summed E-state index contributed by atoms with van der Waals surface area (Å²) in [6, 6.07) is 10.7. The first-order valence-electron chi connectivity index (χ1n) is 7.91. The summed E-state index contributed by atoms with van der Waals surface area (Å²) >= 11 is 3.42. The standard InChI is InChI=1S/C18H18BrNO5/c1-2-22-14-5-3-4-6-15(14)25-11-18(21)20-13-10-17-16(9-12(13)19)23-7-8-24-17/h3-6,9-10H,2,7-8,11H2,1H3,(H,20,21). The van der Waals surface area contributed by atoms with Crippen molar-refractivity contribution >= 4 is 27.5 Å². The van der Waals surface area contributed by atoms with E-state index < -0.39 is 0 Å². The van der Waals surface area contributed by atoms with Gasteiger partial charge in [-0.15, -0.1) is 0 Å². The molecule has 2 aromatic carbocycles. The number of benzene rings is 2. The van der Waals surface area contributed by atoms with Gasteiger partial charge in [-0.1, -0.05) is 12.1 Å². The average molecular weight is 408 g/mol. The number of para-hydroxylation sites is 2. The Bertz CT molecular complexity index is 765. The van der Waals surface area contributed by atoms with E-state index in [0.29, 0.717) is 53.0 Å². The van der Waals surface area contributed by atoms with Crippen LogP contribution < -0.4 is 24.3 Å². The zero-order valence-corrected chi connectivity index (χ0v) is 15.3. The van der Waals surface area contributed by atoms with Gasteiger partial charge in [-0.25, -0.2) is 0 Å². The summed E-state index contributed by atoms with van der Waals surface area (Å²) in [7, 11) is 0. The number of fused-ring (bicyclic) bond motifs is 1. The minimum atomic E-state index is -0.288. The van der Waals surface area contributed by atoms with Crippen LogP contribution >= 0.6 is 15.9 Å². The van der Waals surface area contributed by atoms with Crippen LogP contribution in [-0.4, -0.2) is 32.3 Å². The van der Waals surface area contributed by atoms with Gasteiger partial charge in [0.2, 0.25) is 0 Å². The zero-order valence-electron chi connectivity index (χ0n) is 13.7. The number of anilines is 1. The van der Waals surface area contributed by atoms with E-state index in [1.807, 2.05) is 19.1 Å². The first kappa shape index (κ1) is 17.4. The third kappa shape index (κ3) is 4.36. The Kier molecular flexibility index (Phi) is 5.65. The van der Waals surface area contributed by atoms with E-state index in [9.17, 15) is 4.79 Å². The van der Waals surface area contributed by atoms with Gasteiger partial charge in [0.25, 0.3) is 5.91 Å². The first-order valence-corrected chi connectivity index (χ1v) is 8.70. The van der Waals surface area contributed by atoms with Crippen LogP contribution in [-0.2, 0) is 4.79 Å². The molecule has 0 unspecified atom stereocenters. The highest BCUT2D eigenvalue weighted by Crippen LogP contribution is 2.38. The van der Waals surface area contributed by atoms with Crippen molar-refractivity contribution in [1.82, 2.24) is 0 Å². The normalized spacial score (nSPS) is 12.4. The van der Waals surface area contributed by atoms with Crippen molar-refractivity contribution < 1.29 is 23.7 Å². The highest BCUT2D eigenvalue weighted by Gasteiger charge is 2.16. The van der Waals surface area contributed by atoms with E-state index in [1.165, 1.54) is 0 Å². The van der Waals surface area contributed by atoms with E-state index in [1.54, 1.807) is 24.3 Å². The fourth-order valence-corrected chi connectivity index (χ4v) is 2.76. The lowest BCUT2D eigenvalue weighted by atomic mass is 10.2. The van der Waals surface area contributed by atoms with Crippen LogP contribution in [0.4, 0.5) is 5.69 Å². The van der Waals surface area contributed by atoms with Crippen LogP contribution in [0.1, 0.15) is 6.92 Å². The SMILES string of the molecule is CCOc1ccccc1OCC(=O)Nc1cc2c(cc1Br)OCCO2. The summed E-state index contributed by atoms with van der Waals surface area (Å²) in [6.07, 6.45) is 0. The summed E-state index contributed by atoms with van der Waals surface area (Å²) in [5, 5.41) is 2.79. The maximum absolute atomic E-state index is 12.2. The maximum Gasteiger partial charge on any atom is 0.262 e. The number of carbonyl (C=O) groups excluding carboxylic acids is 1. The Hall–Kier alpha value is -2.41. The highest BCUT2D eigenvalue weighted by molar-refractivity contribution is 9.10. The van der Waals surface area contributed by atoms with Gasteiger partial charge in [0, 0.05) is 16.6 Å². The van der Waals surface area contributed by atoms with Gasteiger partial charge in [0.1, 0.15) is 13.2 Å². The second-order valence-corrected chi connectivity index (χ2v) is 6.05. The molecule has 0 spiro atoms. The number of carbonyl (C=O) groups is 1. The monoisotopic (exact) mass is 407 g/mol. The molecule has 0 saturated carbocycles. The topological polar surface area (TPSA) is 66.0 Å². The predicted molar refractivity (Wildman–Crippen MR) is 96.9 cm³/mol. The van der Waals surface area contributed by atoms with Gasteiger partial charge in [-0.3, -0.25) is 4.79 Å². The largest absolute Gasteiger partial charge is 0.490 e. The fraction of sp³-hybridized carbons (Fsp3) is 0.278. The van der Waals surface area contributed by atoms with Crippen molar-refractivity contribution in [1.29, 1.82) is 0 Å². The van der Waals surface area contributed by atoms with Gasteiger partial charge >= 0.3 is 0 Å². The van der Waals surface area contributed by atoms with E-state index in [2.05, 4.69) is 21.2 Å². The summed E-state index contributed by atoms with van der Waals surface area (Å²) in [4.78, 5) is 12.2. The molecule has 0 bridgehead atoms. The Morgan fingerprint density at radius 1 is 1.12 bits per heavy atom. The Morgan fingerprint density at radius 2 is 1.76 bits per heavy atom. The van der Waals surface area contributed by atoms with Crippen molar-refractivity contribution in [3.05, 3.63) is 40.9 Å².